The van der Waals surface area contributed by atoms with E-state index in [-0.39, 0.29) is 55.9 Å². The molecule has 2 fully saturated rings. The summed E-state index contributed by atoms with van der Waals surface area (Å²) in [5.41, 5.74) is -3.05. The van der Waals surface area contributed by atoms with Crippen molar-refractivity contribution >= 4 is 90.0 Å². The van der Waals surface area contributed by atoms with Crippen molar-refractivity contribution in [2.45, 2.75) is 51.6 Å². The molecular weight excluding hydrogens is 1000 g/mol. The molecule has 306 valence electrons. The van der Waals surface area contributed by atoms with Gasteiger partial charge in [-0.05, 0) is 139 Å². The van der Waals surface area contributed by atoms with Crippen LogP contribution in [0.4, 0.5) is 31.5 Å². The summed E-state index contributed by atoms with van der Waals surface area (Å²) < 4.78 is 39.2. The number of anilines is 4. The van der Waals surface area contributed by atoms with E-state index in [1.165, 1.54) is 47.5 Å². The van der Waals surface area contributed by atoms with Gasteiger partial charge >= 0.3 is 11.4 Å². The zero-order valence-corrected chi connectivity index (χ0v) is 36.7. The van der Waals surface area contributed by atoms with Crippen molar-refractivity contribution in [3.63, 3.8) is 0 Å². The fourth-order valence-corrected chi connectivity index (χ4v) is 8.83. The van der Waals surface area contributed by atoms with Gasteiger partial charge in [-0.25, -0.2) is 27.5 Å². The standard InChI is InChI=1S/C42H34F2I2N8O6/c1-19-33(31-35(49(3)37(19)55)53(29-14-8-21(45)16-27(29)43)41(59)51(39(31)57)25-10-11-25)47-23-6-5-7-24(18-23)48-34-20(2)38(56)50(4)36-32(34)40(58)52(26-12-13-26)42(60)54(36)30-15-9-22(46)17-28(30)44/h5-9,14-18,25-26,47-48H,10-13H2,1-4H3. The zero-order valence-electron chi connectivity index (χ0n) is 32.4. The molecule has 18 heteroatoms. The van der Waals surface area contributed by atoms with Crippen LogP contribution in [0.3, 0.4) is 0 Å². The number of halogens is 4. The summed E-state index contributed by atoms with van der Waals surface area (Å²) in [6, 6.07) is 14.5. The van der Waals surface area contributed by atoms with Crippen LogP contribution in [0.15, 0.2) is 89.4 Å². The largest absolute Gasteiger partial charge is 0.354 e. The number of aryl methyl sites for hydroxylation is 2. The number of rotatable bonds is 8. The third-order valence-corrected chi connectivity index (χ3v) is 12.5. The molecule has 4 heterocycles. The van der Waals surface area contributed by atoms with Crippen LogP contribution in [0.25, 0.3) is 33.4 Å². The predicted molar refractivity (Wildman–Crippen MR) is 242 cm³/mol. The summed E-state index contributed by atoms with van der Waals surface area (Å²) in [6.45, 7) is 3.09. The molecule has 3 aromatic carbocycles. The molecule has 0 radical (unpaired) electrons. The van der Waals surface area contributed by atoms with Crippen molar-refractivity contribution in [1.82, 2.24) is 27.4 Å². The van der Waals surface area contributed by atoms with Crippen molar-refractivity contribution in [1.29, 1.82) is 0 Å². The first-order valence-electron chi connectivity index (χ1n) is 19.0. The first-order chi connectivity index (χ1) is 28.6. The Morgan fingerprint density at radius 1 is 0.567 bits per heavy atom. The molecule has 0 amide bonds. The molecule has 60 heavy (non-hydrogen) atoms. The van der Waals surface area contributed by atoms with Gasteiger partial charge in [0, 0.05) is 55.8 Å². The first-order valence-corrected chi connectivity index (χ1v) is 21.1. The van der Waals surface area contributed by atoms with Gasteiger partial charge in [0.15, 0.2) is 0 Å². The lowest BCUT2D eigenvalue weighted by Crippen LogP contribution is -2.42. The van der Waals surface area contributed by atoms with E-state index in [0.29, 0.717) is 44.2 Å². The predicted octanol–water partition coefficient (Wildman–Crippen LogP) is 6.28. The summed E-state index contributed by atoms with van der Waals surface area (Å²) in [5, 5.41) is 6.44. The highest BCUT2D eigenvalue weighted by atomic mass is 127. The van der Waals surface area contributed by atoms with Crippen LogP contribution in [0.1, 0.15) is 48.9 Å². The van der Waals surface area contributed by atoms with Crippen molar-refractivity contribution in [2.75, 3.05) is 10.6 Å². The third kappa shape index (κ3) is 6.28. The summed E-state index contributed by atoms with van der Waals surface area (Å²) >= 11 is 3.91. The van der Waals surface area contributed by atoms with Gasteiger partial charge in [-0.15, -0.1) is 0 Å². The van der Waals surface area contributed by atoms with Crippen LogP contribution in [0.2, 0.25) is 0 Å². The van der Waals surface area contributed by atoms with Crippen molar-refractivity contribution in [2.24, 2.45) is 14.1 Å². The molecule has 0 unspecified atom stereocenters. The summed E-state index contributed by atoms with van der Waals surface area (Å²) in [6.07, 6.45) is 2.31. The molecular formula is C42H34F2I2N8O6. The fraction of sp³-hybridized carbons (Fsp3) is 0.238. The van der Waals surface area contributed by atoms with Crippen molar-refractivity contribution in [3.8, 4) is 11.4 Å². The lowest BCUT2D eigenvalue weighted by molar-refractivity contribution is 0.596. The second kappa shape index (κ2) is 14.5. The summed E-state index contributed by atoms with van der Waals surface area (Å²) in [4.78, 5) is 84.7. The van der Waals surface area contributed by atoms with E-state index in [1.807, 2.05) is 45.2 Å². The van der Waals surface area contributed by atoms with Gasteiger partial charge in [0.2, 0.25) is 0 Å². The Kier molecular flexibility index (Phi) is 9.63. The number of hydrogen-bond acceptors (Lipinski definition) is 8. The maximum atomic E-state index is 15.7. The van der Waals surface area contributed by atoms with E-state index >= 15 is 8.78 Å². The monoisotopic (exact) mass is 1040 g/mol. The van der Waals surface area contributed by atoms with E-state index in [4.69, 9.17) is 0 Å². The van der Waals surface area contributed by atoms with Gasteiger partial charge in [-0.3, -0.25) is 37.4 Å². The fourth-order valence-electron chi connectivity index (χ4n) is 7.93. The second-order valence-electron chi connectivity index (χ2n) is 15.2. The summed E-state index contributed by atoms with van der Waals surface area (Å²) in [7, 11) is 2.85. The second-order valence-corrected chi connectivity index (χ2v) is 17.7. The molecule has 0 atom stereocenters. The van der Waals surface area contributed by atoms with Crippen molar-refractivity contribution < 1.29 is 8.78 Å². The van der Waals surface area contributed by atoms with Crippen LogP contribution in [0.5, 0.6) is 0 Å². The molecule has 14 nitrogen and oxygen atoms in total. The number of pyridine rings is 2. The van der Waals surface area contributed by atoms with E-state index < -0.39 is 57.3 Å². The number of benzene rings is 3. The number of aromatic nitrogens is 6. The summed E-state index contributed by atoms with van der Waals surface area (Å²) in [5.74, 6) is -1.42. The normalized spacial score (nSPS) is 14.0. The minimum atomic E-state index is -0.765. The molecule has 0 saturated heterocycles. The Labute approximate surface area is 364 Å². The Hall–Kier alpha value is -5.64. The Bertz CT molecular complexity index is 3210. The van der Waals surface area contributed by atoms with E-state index in [2.05, 4.69) is 10.6 Å². The molecule has 0 bridgehead atoms. The average Bonchev–Trinajstić information content (AvgIpc) is 4.15. The molecule has 2 aliphatic carbocycles. The third-order valence-electron chi connectivity index (χ3n) is 11.2. The smallest absolute Gasteiger partial charge is 0.337 e. The van der Waals surface area contributed by atoms with E-state index in [9.17, 15) is 28.8 Å². The Morgan fingerprint density at radius 3 is 1.30 bits per heavy atom. The number of hydrogen-bond donors (Lipinski definition) is 2. The minimum absolute atomic E-state index is 0.00719. The van der Waals surface area contributed by atoms with Gasteiger partial charge in [0.25, 0.3) is 22.2 Å². The highest BCUT2D eigenvalue weighted by molar-refractivity contribution is 14.1. The molecule has 2 saturated carbocycles. The highest BCUT2D eigenvalue weighted by Crippen LogP contribution is 2.36. The van der Waals surface area contributed by atoms with E-state index in [0.717, 1.165) is 18.3 Å². The minimum Gasteiger partial charge on any atom is -0.354 e. The maximum Gasteiger partial charge on any atom is 0.337 e. The SMILES string of the molecule is Cc1c(Nc2cccc(Nc3c(C)c(=O)n(C)c4c3c(=O)n(C3CC3)c(=O)n4-c3ccc(I)cc3F)c2)c2c(=O)n(C3CC3)c(=O)n(-c3ccc(I)cc3F)c2n(C)c1=O. The van der Waals surface area contributed by atoms with Crippen LogP contribution in [0, 0.1) is 32.6 Å². The van der Waals surface area contributed by atoms with Gasteiger partial charge in [0.05, 0.1) is 22.7 Å². The molecule has 2 N–H and O–H groups in total. The highest BCUT2D eigenvalue weighted by Gasteiger charge is 2.34. The molecule has 0 spiro atoms. The Morgan fingerprint density at radius 2 is 0.950 bits per heavy atom. The van der Waals surface area contributed by atoms with E-state index in [1.54, 1.807) is 50.2 Å². The van der Waals surface area contributed by atoms with Gasteiger partial charge in [-0.1, -0.05) is 6.07 Å². The van der Waals surface area contributed by atoms with Crippen LogP contribution < -0.4 is 44.3 Å². The quantitative estimate of drug-likeness (QED) is 0.169. The lowest BCUT2D eigenvalue weighted by Gasteiger charge is -2.21. The lowest BCUT2D eigenvalue weighted by atomic mass is 10.1. The molecule has 7 aromatic rings. The molecule has 9 rings (SSSR count). The number of nitrogens with one attached hydrogen (secondary N) is 2. The average molecular weight is 1040 g/mol. The topological polar surface area (TPSA) is 156 Å². The van der Waals surface area contributed by atoms with Crippen LogP contribution in [-0.2, 0) is 14.1 Å². The van der Waals surface area contributed by atoms with Gasteiger partial charge in [0.1, 0.15) is 33.7 Å². The zero-order chi connectivity index (χ0) is 42.6. The molecule has 0 aliphatic heterocycles. The number of fused-ring (bicyclic) bond motifs is 2. The molecule has 4 aromatic heterocycles. The first kappa shape index (κ1) is 39.8. The maximum absolute atomic E-state index is 15.7. The van der Waals surface area contributed by atoms with Gasteiger partial charge < -0.3 is 10.6 Å². The number of nitrogens with zero attached hydrogens (tertiary/aromatic N) is 6. The Balaban J connectivity index is 1.24. The van der Waals surface area contributed by atoms with Crippen LogP contribution in [-0.4, -0.2) is 27.4 Å². The van der Waals surface area contributed by atoms with Gasteiger partial charge in [-0.2, -0.15) is 0 Å². The van der Waals surface area contributed by atoms with Crippen molar-refractivity contribution in [3.05, 3.63) is 153 Å². The van der Waals surface area contributed by atoms with Crippen LogP contribution >= 0.6 is 45.2 Å². The molecule has 2 aliphatic rings.